The molecule has 5 rings (SSSR count). The predicted molar refractivity (Wildman–Crippen MR) is 170 cm³/mol. The van der Waals surface area contributed by atoms with Crippen molar-refractivity contribution in [2.75, 3.05) is 44.4 Å². The second kappa shape index (κ2) is 13.2. The summed E-state index contributed by atoms with van der Waals surface area (Å²) < 4.78 is 18.1. The predicted octanol–water partition coefficient (Wildman–Crippen LogP) is 5.36. The second-order valence-corrected chi connectivity index (χ2v) is 16.5. The van der Waals surface area contributed by atoms with E-state index in [1.165, 1.54) is 16.4 Å². The van der Waals surface area contributed by atoms with E-state index in [1.807, 2.05) is 17.0 Å². The number of rotatable bonds is 10. The Morgan fingerprint density at radius 3 is 2.12 bits per heavy atom. The Labute approximate surface area is 254 Å². The van der Waals surface area contributed by atoms with E-state index < -0.39 is 8.32 Å². The maximum Gasteiger partial charge on any atom is 0.410 e. The first-order valence-electron chi connectivity index (χ1n) is 15.1. The molecule has 0 spiro atoms. The number of carbonyl (C=O) groups is 1. The summed E-state index contributed by atoms with van der Waals surface area (Å²) in [6, 6.07) is 26.0. The standard InChI is InChI=1S/C33H41N3O6Si/c1-33(2,3)43(28-11-6-4-7-12-28,29-13-8-5-9-14-29)42-24-23-40-27-15-16-30(31(25-27)36(38)39)34-20-17-26(18-21-34)35-19-10-22-41-32(35)37/h4-9,11-16,25-26H,10,17-24H2,1-3H3. The number of nitrogens with zero attached hydrogens (tertiary/aromatic N) is 3. The van der Waals surface area contributed by atoms with Gasteiger partial charge < -0.3 is 23.7 Å². The summed E-state index contributed by atoms with van der Waals surface area (Å²) in [4.78, 5) is 27.7. The number of nitro benzene ring substituents is 1. The van der Waals surface area contributed by atoms with Crippen molar-refractivity contribution in [2.24, 2.45) is 0 Å². The van der Waals surface area contributed by atoms with Gasteiger partial charge >= 0.3 is 6.09 Å². The molecule has 0 aliphatic carbocycles. The number of ether oxygens (including phenoxy) is 2. The van der Waals surface area contributed by atoms with Crippen molar-refractivity contribution < 1.29 is 23.6 Å². The number of nitro groups is 1. The molecule has 10 heteroatoms. The van der Waals surface area contributed by atoms with E-state index in [-0.39, 0.29) is 34.4 Å². The van der Waals surface area contributed by atoms with Crippen LogP contribution in [0.2, 0.25) is 5.04 Å². The number of hydrogen-bond acceptors (Lipinski definition) is 7. The quantitative estimate of drug-likeness (QED) is 0.133. The molecule has 0 aromatic heterocycles. The van der Waals surface area contributed by atoms with Crippen molar-refractivity contribution >= 4 is 36.2 Å². The molecule has 2 fully saturated rings. The first-order valence-corrected chi connectivity index (χ1v) is 17.0. The zero-order valence-electron chi connectivity index (χ0n) is 25.2. The Bertz CT molecular complexity index is 1350. The molecule has 0 N–H and O–H groups in total. The van der Waals surface area contributed by atoms with Gasteiger partial charge in [0.15, 0.2) is 0 Å². The minimum atomic E-state index is -2.70. The van der Waals surface area contributed by atoms with Crippen LogP contribution in [0.15, 0.2) is 78.9 Å². The van der Waals surface area contributed by atoms with E-state index in [1.54, 1.807) is 17.0 Å². The van der Waals surface area contributed by atoms with Gasteiger partial charge in [-0.15, -0.1) is 0 Å². The van der Waals surface area contributed by atoms with Crippen molar-refractivity contribution in [3.63, 3.8) is 0 Å². The van der Waals surface area contributed by atoms with Crippen LogP contribution in [-0.4, -0.2) is 69.7 Å². The lowest BCUT2D eigenvalue weighted by molar-refractivity contribution is -0.384. The fourth-order valence-corrected chi connectivity index (χ4v) is 11.0. The molecule has 1 amide bonds. The van der Waals surface area contributed by atoms with Gasteiger partial charge in [0.2, 0.25) is 0 Å². The lowest BCUT2D eigenvalue weighted by Crippen LogP contribution is -2.66. The fourth-order valence-electron chi connectivity index (χ4n) is 6.44. The van der Waals surface area contributed by atoms with E-state index in [2.05, 4.69) is 69.3 Å². The summed E-state index contributed by atoms with van der Waals surface area (Å²) in [5.74, 6) is 0.437. The van der Waals surface area contributed by atoms with Crippen LogP contribution >= 0.6 is 0 Å². The SMILES string of the molecule is CC(C)(C)[Si](OCCOc1ccc(N2CCC(N3CCCOC3=O)CC2)c([N+](=O)[O-])c1)(c1ccccc1)c1ccccc1. The Morgan fingerprint density at radius 2 is 1.56 bits per heavy atom. The molecular weight excluding hydrogens is 562 g/mol. The van der Waals surface area contributed by atoms with Gasteiger partial charge in [0.25, 0.3) is 14.0 Å². The minimum Gasteiger partial charge on any atom is -0.491 e. The molecule has 43 heavy (non-hydrogen) atoms. The van der Waals surface area contributed by atoms with Gasteiger partial charge in [-0.1, -0.05) is 81.4 Å². The number of amides is 1. The van der Waals surface area contributed by atoms with E-state index in [4.69, 9.17) is 13.9 Å². The zero-order chi connectivity index (χ0) is 30.5. The first kappa shape index (κ1) is 30.6. The molecule has 3 aromatic rings. The highest BCUT2D eigenvalue weighted by molar-refractivity contribution is 6.99. The molecule has 0 unspecified atom stereocenters. The molecule has 0 bridgehead atoms. The highest BCUT2D eigenvalue weighted by atomic mass is 28.4. The zero-order valence-corrected chi connectivity index (χ0v) is 26.2. The van der Waals surface area contributed by atoms with Gasteiger partial charge in [-0.05, 0) is 46.8 Å². The lowest BCUT2D eigenvalue weighted by Gasteiger charge is -2.43. The monoisotopic (exact) mass is 603 g/mol. The van der Waals surface area contributed by atoms with Gasteiger partial charge in [-0.2, -0.15) is 0 Å². The Morgan fingerprint density at radius 1 is 0.930 bits per heavy atom. The van der Waals surface area contributed by atoms with Crippen LogP contribution in [0, 0.1) is 10.1 Å². The van der Waals surface area contributed by atoms with Gasteiger partial charge in [0.1, 0.15) is 18.0 Å². The summed E-state index contributed by atoms with van der Waals surface area (Å²) >= 11 is 0. The average Bonchev–Trinajstić information content (AvgIpc) is 3.02. The van der Waals surface area contributed by atoms with Crippen LogP contribution in [0.5, 0.6) is 5.75 Å². The van der Waals surface area contributed by atoms with Crippen molar-refractivity contribution in [2.45, 2.75) is 51.1 Å². The molecule has 2 aliphatic heterocycles. The number of piperidine rings is 1. The summed E-state index contributed by atoms with van der Waals surface area (Å²) in [6.07, 6.45) is 2.06. The molecule has 2 heterocycles. The van der Waals surface area contributed by atoms with Gasteiger partial charge in [0.05, 0.1) is 24.2 Å². The summed E-state index contributed by atoms with van der Waals surface area (Å²) in [5, 5.41) is 14.3. The van der Waals surface area contributed by atoms with Crippen LogP contribution in [0.3, 0.4) is 0 Å². The molecule has 9 nitrogen and oxygen atoms in total. The topological polar surface area (TPSA) is 94.4 Å². The normalized spacial score (nSPS) is 16.6. The fraction of sp³-hybridized carbons (Fsp3) is 0.424. The third kappa shape index (κ3) is 6.55. The summed E-state index contributed by atoms with van der Waals surface area (Å²) in [5.41, 5.74) is 0.585. The number of anilines is 1. The molecular formula is C33H41N3O6Si. The molecule has 0 atom stereocenters. The largest absolute Gasteiger partial charge is 0.491 e. The second-order valence-electron chi connectivity index (χ2n) is 12.1. The van der Waals surface area contributed by atoms with Crippen LogP contribution in [0.4, 0.5) is 16.2 Å². The lowest BCUT2D eigenvalue weighted by atomic mass is 10.0. The molecule has 228 valence electrons. The minimum absolute atomic E-state index is 0.0150. The smallest absolute Gasteiger partial charge is 0.410 e. The maximum absolute atomic E-state index is 12.2. The maximum atomic E-state index is 12.2. The van der Waals surface area contributed by atoms with Gasteiger partial charge in [0, 0.05) is 25.7 Å². The average molecular weight is 604 g/mol. The number of hydrogen-bond donors (Lipinski definition) is 0. The Hall–Kier alpha value is -3.89. The summed E-state index contributed by atoms with van der Waals surface area (Å²) in [7, 11) is -2.70. The number of carbonyl (C=O) groups excluding carboxylic acids is 1. The van der Waals surface area contributed by atoms with Gasteiger partial charge in [-0.25, -0.2) is 4.79 Å². The van der Waals surface area contributed by atoms with Crippen molar-refractivity contribution in [3.05, 3.63) is 89.0 Å². The Balaban J connectivity index is 1.26. The van der Waals surface area contributed by atoms with Crippen LogP contribution in [0.25, 0.3) is 0 Å². The van der Waals surface area contributed by atoms with E-state index in [0.717, 1.165) is 19.3 Å². The summed E-state index contributed by atoms with van der Waals surface area (Å²) in [6.45, 7) is 9.71. The number of benzene rings is 3. The number of cyclic esters (lactones) is 1. The Kier molecular flexibility index (Phi) is 9.36. The molecule has 0 radical (unpaired) electrons. The molecule has 0 saturated carbocycles. The highest BCUT2D eigenvalue weighted by Gasteiger charge is 2.50. The first-order chi connectivity index (χ1) is 20.7. The van der Waals surface area contributed by atoms with Crippen LogP contribution in [-0.2, 0) is 9.16 Å². The van der Waals surface area contributed by atoms with Crippen LogP contribution < -0.4 is 20.0 Å². The molecule has 2 aliphatic rings. The van der Waals surface area contributed by atoms with Crippen LogP contribution in [0.1, 0.15) is 40.0 Å². The van der Waals surface area contributed by atoms with E-state index in [0.29, 0.717) is 44.3 Å². The van der Waals surface area contributed by atoms with Crippen molar-refractivity contribution in [3.8, 4) is 5.75 Å². The molecule has 2 saturated heterocycles. The third-order valence-electron chi connectivity index (χ3n) is 8.48. The highest BCUT2D eigenvalue weighted by Crippen LogP contribution is 2.37. The van der Waals surface area contributed by atoms with Gasteiger partial charge in [-0.3, -0.25) is 10.1 Å². The van der Waals surface area contributed by atoms with Crippen molar-refractivity contribution in [1.82, 2.24) is 4.90 Å². The third-order valence-corrected chi connectivity index (χ3v) is 13.5. The van der Waals surface area contributed by atoms with Crippen molar-refractivity contribution in [1.29, 1.82) is 0 Å². The van der Waals surface area contributed by atoms with E-state index >= 15 is 0 Å². The van der Waals surface area contributed by atoms with E-state index in [9.17, 15) is 14.9 Å². The molecule has 3 aromatic carbocycles.